The van der Waals surface area contributed by atoms with Gasteiger partial charge in [-0.2, -0.15) is 0 Å². The first-order valence-corrected chi connectivity index (χ1v) is 20.6. The van der Waals surface area contributed by atoms with Gasteiger partial charge in [0.05, 0.1) is 17.3 Å². The van der Waals surface area contributed by atoms with Crippen LogP contribution in [0.25, 0.3) is 0 Å². The van der Waals surface area contributed by atoms with E-state index in [1.165, 1.54) is 0 Å². The van der Waals surface area contributed by atoms with E-state index in [0.29, 0.717) is 24.8 Å². The maximum Gasteiger partial charge on any atom is 0.407 e. The van der Waals surface area contributed by atoms with E-state index >= 15 is 0 Å². The molecule has 2 amide bonds. The summed E-state index contributed by atoms with van der Waals surface area (Å²) in [5, 5.41) is 12.4. The number of hydrogen-bond donors (Lipinski definition) is 2. The zero-order chi connectivity index (χ0) is 40.6. The van der Waals surface area contributed by atoms with Crippen molar-refractivity contribution in [2.45, 2.75) is 159 Å². The number of alkyl carbamates (subject to hydrolysis) is 1. The monoisotopic (exact) mass is 755 g/mol. The van der Waals surface area contributed by atoms with Gasteiger partial charge in [0, 0.05) is 32.0 Å². The number of amides is 2. The van der Waals surface area contributed by atoms with Gasteiger partial charge in [0.1, 0.15) is 11.7 Å². The average Bonchev–Trinajstić information content (AvgIpc) is 3.34. The molecule has 4 fully saturated rings. The summed E-state index contributed by atoms with van der Waals surface area (Å²) in [5.74, 6) is -0.458. The van der Waals surface area contributed by atoms with Crippen molar-refractivity contribution in [3.63, 3.8) is 0 Å². The second-order valence-corrected chi connectivity index (χ2v) is 21.1. The number of carboxylic acids is 1. The second kappa shape index (κ2) is 13.9. The van der Waals surface area contributed by atoms with E-state index in [1.807, 2.05) is 20.8 Å². The zero-order valence-electron chi connectivity index (χ0n) is 35.6. The van der Waals surface area contributed by atoms with E-state index in [0.717, 1.165) is 56.1 Å². The van der Waals surface area contributed by atoms with Crippen LogP contribution in [0.2, 0.25) is 0 Å². The highest BCUT2D eigenvalue weighted by molar-refractivity contribution is 6.07. The van der Waals surface area contributed by atoms with Crippen molar-refractivity contribution in [1.29, 1.82) is 0 Å². The van der Waals surface area contributed by atoms with Gasteiger partial charge in [-0.15, -0.1) is 0 Å². The Morgan fingerprint density at radius 1 is 0.889 bits per heavy atom. The molecule has 0 aromatic rings. The van der Waals surface area contributed by atoms with Crippen LogP contribution in [0.15, 0.2) is 11.1 Å². The molecule has 4 saturated carbocycles. The molecule has 5 rings (SSSR count). The van der Waals surface area contributed by atoms with Crippen LogP contribution in [0.1, 0.15) is 147 Å². The average molecular weight is 755 g/mol. The van der Waals surface area contributed by atoms with Crippen molar-refractivity contribution >= 4 is 29.7 Å². The summed E-state index contributed by atoms with van der Waals surface area (Å²) in [6, 6.07) is 0. The van der Waals surface area contributed by atoms with E-state index in [9.17, 15) is 29.1 Å². The summed E-state index contributed by atoms with van der Waals surface area (Å²) in [7, 11) is 1.79. The van der Waals surface area contributed by atoms with Crippen LogP contribution in [0.4, 0.5) is 4.79 Å². The molecule has 54 heavy (non-hydrogen) atoms. The number of carbonyl (C=O) groups excluding carboxylic acids is 4. The number of ketones is 1. The lowest BCUT2D eigenvalue weighted by Crippen LogP contribution is -2.66. The molecule has 2 N–H and O–H groups in total. The number of likely N-dealkylation sites (N-methyl/N-ethyl adjacent to an activating group) is 1. The van der Waals surface area contributed by atoms with E-state index in [1.54, 1.807) is 25.8 Å². The molecule has 0 aliphatic heterocycles. The highest BCUT2D eigenvalue weighted by Gasteiger charge is 2.71. The maximum atomic E-state index is 14.7. The zero-order valence-corrected chi connectivity index (χ0v) is 35.6. The second-order valence-electron chi connectivity index (χ2n) is 21.1. The van der Waals surface area contributed by atoms with Gasteiger partial charge in [-0.3, -0.25) is 19.2 Å². The number of hydrogen-bond acceptors (Lipinski definition) is 7. The maximum absolute atomic E-state index is 14.7. The molecule has 304 valence electrons. The van der Waals surface area contributed by atoms with Crippen LogP contribution in [0, 0.1) is 56.2 Å². The molecule has 10 nitrogen and oxygen atoms in total. The Balaban J connectivity index is 1.41. The predicted molar refractivity (Wildman–Crippen MR) is 207 cm³/mol. The van der Waals surface area contributed by atoms with E-state index in [2.05, 4.69) is 53.8 Å². The van der Waals surface area contributed by atoms with Gasteiger partial charge in [-0.25, -0.2) is 4.79 Å². The minimum atomic E-state index is -1.18. The first kappa shape index (κ1) is 42.2. The number of fused-ring (bicyclic) bond motifs is 7. The normalized spacial score (nSPS) is 36.0. The Bertz CT molecular complexity index is 1590. The van der Waals surface area contributed by atoms with Gasteiger partial charge in [-0.1, -0.05) is 48.5 Å². The number of ether oxygens (including phenoxy) is 2. The van der Waals surface area contributed by atoms with E-state index < -0.39 is 34.5 Å². The number of rotatable bonds is 9. The molecule has 0 bridgehead atoms. The van der Waals surface area contributed by atoms with Crippen molar-refractivity contribution in [2.24, 2.45) is 56.2 Å². The lowest BCUT2D eigenvalue weighted by atomic mass is 9.33. The Morgan fingerprint density at radius 3 is 2.13 bits per heavy atom. The number of Topliss-reactive ketones (excluding diaryl/α,β-unsaturated/α-hetero) is 1. The number of carbonyl (C=O) groups is 5. The van der Waals surface area contributed by atoms with Crippen LogP contribution >= 0.6 is 0 Å². The highest BCUT2D eigenvalue weighted by atomic mass is 16.6. The SMILES string of the molecule is CC(C)C1=C2[C@H]3CC[C@@H]4[C@@]5(C)CC[C@H](OC(=O)CC(C)(C)C(=O)O)C(C)(C)[C@@H]5CC[C@@]4(C)[C@]3(C)CC[C@@]2(C(=O)N(C)CCNC(=O)OC(C)(C)C)CC1=O. The molecule has 5 aliphatic rings. The fourth-order valence-corrected chi connectivity index (χ4v) is 12.8. The minimum Gasteiger partial charge on any atom is -0.481 e. The number of esters is 1. The summed E-state index contributed by atoms with van der Waals surface area (Å²) in [4.78, 5) is 67.7. The molecule has 0 saturated heterocycles. The molecule has 0 aromatic heterocycles. The quantitative estimate of drug-likeness (QED) is 0.224. The molecule has 0 spiro atoms. The van der Waals surface area contributed by atoms with Gasteiger partial charge < -0.3 is 24.8 Å². The van der Waals surface area contributed by atoms with Gasteiger partial charge in [0.2, 0.25) is 5.91 Å². The first-order chi connectivity index (χ1) is 24.7. The van der Waals surface area contributed by atoms with Crippen LogP contribution in [0.3, 0.4) is 0 Å². The molecule has 0 heterocycles. The summed E-state index contributed by atoms with van der Waals surface area (Å²) < 4.78 is 11.5. The van der Waals surface area contributed by atoms with Crippen molar-refractivity contribution in [1.82, 2.24) is 10.2 Å². The molecular weight excluding hydrogens is 684 g/mol. The fourth-order valence-electron chi connectivity index (χ4n) is 12.8. The van der Waals surface area contributed by atoms with Gasteiger partial charge in [0.25, 0.3) is 0 Å². The van der Waals surface area contributed by atoms with Crippen LogP contribution < -0.4 is 5.32 Å². The summed E-state index contributed by atoms with van der Waals surface area (Å²) in [6.45, 7) is 25.3. The molecule has 0 aromatic carbocycles. The van der Waals surface area contributed by atoms with Crippen molar-refractivity contribution in [2.75, 3.05) is 20.1 Å². The summed E-state index contributed by atoms with van der Waals surface area (Å²) in [6.07, 6.45) is 6.44. The largest absolute Gasteiger partial charge is 0.481 e. The smallest absolute Gasteiger partial charge is 0.407 e. The lowest BCUT2D eigenvalue weighted by molar-refractivity contribution is -0.233. The molecule has 0 radical (unpaired) electrons. The topological polar surface area (TPSA) is 139 Å². The van der Waals surface area contributed by atoms with Crippen LogP contribution in [0.5, 0.6) is 0 Å². The van der Waals surface area contributed by atoms with Crippen LogP contribution in [-0.2, 0) is 28.7 Å². The van der Waals surface area contributed by atoms with E-state index in [-0.39, 0.29) is 70.7 Å². The third-order valence-electron chi connectivity index (χ3n) is 15.7. The molecule has 10 heteroatoms. The highest BCUT2D eigenvalue weighted by Crippen LogP contribution is 2.77. The first-order valence-electron chi connectivity index (χ1n) is 20.6. The molecule has 5 aliphatic carbocycles. The van der Waals surface area contributed by atoms with E-state index in [4.69, 9.17) is 9.47 Å². The minimum absolute atomic E-state index is 0.0141. The number of aliphatic carboxylic acids is 1. The number of nitrogens with zero attached hydrogens (tertiary/aromatic N) is 1. The number of allylic oxidation sites excluding steroid dienone is 1. The Morgan fingerprint density at radius 2 is 1.54 bits per heavy atom. The van der Waals surface area contributed by atoms with Crippen molar-refractivity contribution < 1.29 is 38.6 Å². The molecule has 0 unspecified atom stereocenters. The Hall–Kier alpha value is -2.91. The van der Waals surface area contributed by atoms with Gasteiger partial charge in [0.15, 0.2) is 5.78 Å². The lowest BCUT2D eigenvalue weighted by Gasteiger charge is -2.72. The standard InChI is InChI=1S/C44H70N2O8/c1-26(2)33-28(47)24-44(35(49)46(13)23-22-45-37(52)54-38(3,4)5)21-20-42(11)27(34(33)44)14-15-30-41(10)18-17-31(53-32(48)25-39(6,7)36(50)51)40(8,9)29(41)16-19-43(30,42)12/h26-27,29-31H,14-25H2,1-13H3,(H,45,52)(H,50,51)/t27-,29+,30-,31+,41+,42-,43-,44-/m1/s1. The van der Waals surface area contributed by atoms with Crippen LogP contribution in [-0.4, -0.2) is 71.6 Å². The summed E-state index contributed by atoms with van der Waals surface area (Å²) in [5.41, 5.74) is -1.07. The molecule has 8 atom stereocenters. The fraction of sp³-hybridized carbons (Fsp3) is 0.841. The van der Waals surface area contributed by atoms with Gasteiger partial charge >= 0.3 is 18.0 Å². The Labute approximate surface area is 324 Å². The van der Waals surface area contributed by atoms with Gasteiger partial charge in [-0.05, 0) is 137 Å². The number of carboxylic acid groups (broad SMARTS) is 1. The third kappa shape index (κ3) is 6.81. The summed E-state index contributed by atoms with van der Waals surface area (Å²) >= 11 is 0. The third-order valence-corrected chi connectivity index (χ3v) is 15.7. The molecular formula is C44H70N2O8. The Kier molecular flexibility index (Phi) is 10.9. The predicted octanol–water partition coefficient (Wildman–Crippen LogP) is 8.36. The van der Waals surface area contributed by atoms with Crippen molar-refractivity contribution in [3.05, 3.63) is 11.1 Å². The van der Waals surface area contributed by atoms with Crippen molar-refractivity contribution in [3.8, 4) is 0 Å². The number of nitrogens with one attached hydrogen (secondary N) is 1.